The summed E-state index contributed by atoms with van der Waals surface area (Å²) in [6, 6.07) is 9.57. The molecule has 0 aliphatic carbocycles. The van der Waals surface area contributed by atoms with Gasteiger partial charge in [0.1, 0.15) is 0 Å². The molecule has 4 nitrogen and oxygen atoms in total. The summed E-state index contributed by atoms with van der Waals surface area (Å²) in [6.45, 7) is 4.54. The van der Waals surface area contributed by atoms with Crippen molar-refractivity contribution >= 4 is 21.2 Å². The van der Waals surface area contributed by atoms with Gasteiger partial charge in [-0.3, -0.25) is 9.59 Å². The van der Waals surface area contributed by atoms with Crippen molar-refractivity contribution in [1.29, 1.82) is 0 Å². The van der Waals surface area contributed by atoms with Crippen LogP contribution in [0.3, 0.4) is 0 Å². The fourth-order valence-electron chi connectivity index (χ4n) is 1.47. The van der Waals surface area contributed by atoms with E-state index in [0.29, 0.717) is 0 Å². The monoisotopic (exact) mass is 252 g/mol. The van der Waals surface area contributed by atoms with Crippen molar-refractivity contribution in [2.75, 3.05) is 0 Å². The molecule has 0 radical (unpaired) electrons. The van der Waals surface area contributed by atoms with E-state index in [9.17, 15) is 9.59 Å². The van der Waals surface area contributed by atoms with Crippen LogP contribution in [-0.4, -0.2) is 21.2 Å². The molecule has 0 saturated heterocycles. The highest BCUT2D eigenvalue weighted by molar-refractivity contribution is 6.50. The molecule has 1 aromatic carbocycles. The van der Waals surface area contributed by atoms with Crippen LogP contribution in [0.15, 0.2) is 30.3 Å². The molecule has 0 aromatic heterocycles. The second kappa shape index (κ2) is 6.20. The zero-order valence-corrected chi connectivity index (χ0v) is 11.3. The largest absolute Gasteiger partial charge is 0.487 e. The summed E-state index contributed by atoms with van der Waals surface area (Å²) in [5, 5.41) is 0. The van der Waals surface area contributed by atoms with Gasteiger partial charge in [0.2, 0.25) is 0 Å². The van der Waals surface area contributed by atoms with Gasteiger partial charge in [-0.1, -0.05) is 37.3 Å². The van der Waals surface area contributed by atoms with Gasteiger partial charge in [-0.15, -0.1) is 0 Å². The number of carbonyl (C=O) groups is 2. The van der Waals surface area contributed by atoms with E-state index in [2.05, 4.69) is 0 Å². The Kier molecular flexibility index (Phi) is 4.90. The Morgan fingerprint density at radius 2 is 1.53 bits per heavy atom. The summed E-state index contributed by atoms with van der Waals surface area (Å²) >= 11 is 0. The van der Waals surface area contributed by atoms with Crippen molar-refractivity contribution in [3.63, 3.8) is 0 Å². The average Bonchev–Trinajstić information content (AvgIpc) is 2.27. The van der Waals surface area contributed by atoms with Crippen molar-refractivity contribution < 1.29 is 18.4 Å². The first-order chi connectivity index (χ1) is 8.00. The molecule has 0 saturated carbocycles. The van der Waals surface area contributed by atoms with Crippen molar-refractivity contribution in [3.05, 3.63) is 35.9 Å². The van der Waals surface area contributed by atoms with E-state index >= 15 is 0 Å². The van der Waals surface area contributed by atoms with E-state index in [1.165, 1.54) is 13.8 Å². The number of rotatable bonds is 4. The minimum absolute atomic E-state index is 0.0657. The highest BCUT2D eigenvalue weighted by Crippen LogP contribution is 2.19. The zero-order chi connectivity index (χ0) is 12.8. The predicted molar refractivity (Wildman–Crippen MR) is 65.5 cm³/mol. The molecule has 0 aliphatic rings. The first kappa shape index (κ1) is 13.4. The fraction of sp³-hybridized carbons (Fsp3) is 0.333. The quantitative estimate of drug-likeness (QED) is 0.765. The van der Waals surface area contributed by atoms with Crippen molar-refractivity contribution in [1.82, 2.24) is 0 Å². The van der Waals surface area contributed by atoms with Crippen molar-refractivity contribution in [2.24, 2.45) is 0 Å². The van der Waals surface area contributed by atoms with E-state index in [4.69, 9.17) is 8.85 Å². The summed E-state index contributed by atoms with van der Waals surface area (Å²) in [5.41, 5.74) is 0.940. The lowest BCUT2D eigenvalue weighted by molar-refractivity contribution is -0.137. The van der Waals surface area contributed by atoms with Gasteiger partial charge >= 0.3 is 9.28 Å². The molecule has 92 valence electrons. The Bertz CT molecular complexity index is 375. The molecule has 0 heterocycles. The highest BCUT2D eigenvalue weighted by atomic mass is 28.3. The topological polar surface area (TPSA) is 52.6 Å². The first-order valence-electron chi connectivity index (χ1n) is 5.40. The van der Waals surface area contributed by atoms with E-state index in [0.717, 1.165) is 5.56 Å². The third kappa shape index (κ3) is 4.40. The second-order valence-corrected chi connectivity index (χ2v) is 5.99. The lowest BCUT2D eigenvalue weighted by Gasteiger charge is -2.20. The van der Waals surface area contributed by atoms with Gasteiger partial charge in [0, 0.05) is 19.4 Å². The fourth-order valence-corrected chi connectivity index (χ4v) is 3.12. The van der Waals surface area contributed by atoms with Gasteiger partial charge in [0.05, 0.1) is 0 Å². The lowest BCUT2D eigenvalue weighted by Crippen LogP contribution is -2.33. The summed E-state index contributed by atoms with van der Waals surface area (Å²) in [7, 11) is -2.37. The number of carbonyl (C=O) groups excluding carboxylic acids is 2. The molecular formula is C12H16O4Si. The van der Waals surface area contributed by atoms with Crippen LogP contribution in [0.5, 0.6) is 0 Å². The smallest absolute Gasteiger partial charge is 0.455 e. The molecule has 0 fully saturated rings. The standard InChI is InChI=1S/C12H16O4Si/c1-9(12-7-5-4-6-8-12)17(15-10(2)13)16-11(3)14/h4-9,17H,1-3H3. The summed E-state index contributed by atoms with van der Waals surface area (Å²) in [4.78, 5) is 22.0. The van der Waals surface area contributed by atoms with E-state index in [-0.39, 0.29) is 5.54 Å². The van der Waals surface area contributed by atoms with Crippen LogP contribution in [0.4, 0.5) is 0 Å². The molecule has 0 bridgehead atoms. The Morgan fingerprint density at radius 1 is 1.06 bits per heavy atom. The molecule has 1 rings (SSSR count). The van der Waals surface area contributed by atoms with Crippen molar-refractivity contribution in [2.45, 2.75) is 26.3 Å². The molecule has 1 atom stereocenters. The van der Waals surface area contributed by atoms with Gasteiger partial charge in [0.15, 0.2) is 0 Å². The number of hydrogen-bond donors (Lipinski definition) is 0. The maximum Gasteiger partial charge on any atom is 0.455 e. The molecular weight excluding hydrogens is 236 g/mol. The van der Waals surface area contributed by atoms with Crippen LogP contribution in [-0.2, 0) is 18.4 Å². The summed E-state index contributed by atoms with van der Waals surface area (Å²) in [5.74, 6) is -0.823. The maximum atomic E-state index is 11.0. The van der Waals surface area contributed by atoms with Gasteiger partial charge in [-0.2, -0.15) is 0 Å². The Hall–Kier alpha value is -1.62. The zero-order valence-electron chi connectivity index (χ0n) is 10.2. The lowest BCUT2D eigenvalue weighted by atomic mass is 10.2. The Labute approximate surface area is 102 Å². The van der Waals surface area contributed by atoms with Crippen molar-refractivity contribution in [3.8, 4) is 0 Å². The molecule has 1 aromatic rings. The molecule has 5 heteroatoms. The molecule has 0 spiro atoms. The van der Waals surface area contributed by atoms with Crippen LogP contribution in [0.1, 0.15) is 31.9 Å². The SMILES string of the molecule is CC(=O)O[SiH](OC(C)=O)C(C)c1ccccc1. The van der Waals surface area contributed by atoms with Gasteiger partial charge in [-0.25, -0.2) is 0 Å². The van der Waals surface area contributed by atoms with Crippen LogP contribution in [0.25, 0.3) is 0 Å². The number of hydrogen-bond acceptors (Lipinski definition) is 4. The van der Waals surface area contributed by atoms with Crippen LogP contribution >= 0.6 is 0 Å². The summed E-state index contributed by atoms with van der Waals surface area (Å²) in [6.07, 6.45) is 0. The molecule has 17 heavy (non-hydrogen) atoms. The maximum absolute atomic E-state index is 11.0. The van der Waals surface area contributed by atoms with Crippen LogP contribution < -0.4 is 0 Å². The highest BCUT2D eigenvalue weighted by Gasteiger charge is 2.29. The summed E-state index contributed by atoms with van der Waals surface area (Å²) < 4.78 is 10.3. The average molecular weight is 252 g/mol. The van der Waals surface area contributed by atoms with E-state index < -0.39 is 21.2 Å². The molecule has 0 amide bonds. The second-order valence-electron chi connectivity index (χ2n) is 3.79. The Morgan fingerprint density at radius 3 is 1.94 bits per heavy atom. The third-order valence-corrected chi connectivity index (χ3v) is 4.63. The van der Waals surface area contributed by atoms with Gasteiger partial charge in [0.25, 0.3) is 11.9 Å². The van der Waals surface area contributed by atoms with Crippen LogP contribution in [0.2, 0.25) is 0 Å². The molecule has 0 aliphatic heterocycles. The first-order valence-corrected chi connectivity index (χ1v) is 7.01. The third-order valence-electron chi connectivity index (χ3n) is 2.30. The Balaban J connectivity index is 2.82. The van der Waals surface area contributed by atoms with Gasteiger partial charge < -0.3 is 8.85 Å². The molecule has 1 unspecified atom stereocenters. The minimum atomic E-state index is -2.37. The minimum Gasteiger partial charge on any atom is -0.487 e. The van der Waals surface area contributed by atoms with Gasteiger partial charge in [-0.05, 0) is 5.56 Å². The normalized spacial score (nSPS) is 12.0. The van der Waals surface area contributed by atoms with Crippen LogP contribution in [0, 0.1) is 0 Å². The van der Waals surface area contributed by atoms with E-state index in [1.807, 2.05) is 37.3 Å². The molecule has 0 N–H and O–H groups in total. The predicted octanol–water partition coefficient (Wildman–Crippen LogP) is 1.68. The number of benzene rings is 1. The van der Waals surface area contributed by atoms with E-state index in [1.54, 1.807) is 0 Å².